The number of piperidine rings is 1. The lowest BCUT2D eigenvalue weighted by atomic mass is 9.91. The first-order chi connectivity index (χ1) is 17.4. The number of nitrogens with one attached hydrogen (secondary N) is 3. The first-order valence-corrected chi connectivity index (χ1v) is 12.8. The summed E-state index contributed by atoms with van der Waals surface area (Å²) in [6, 6.07) is 11.6. The van der Waals surface area contributed by atoms with Crippen molar-refractivity contribution in [2.45, 2.75) is 18.4 Å². The van der Waals surface area contributed by atoms with E-state index in [1.165, 1.54) is 18.0 Å². The number of nitrogen functional groups attached to an aromatic ring is 1. The van der Waals surface area contributed by atoms with Crippen LogP contribution in [0.5, 0.6) is 5.75 Å². The molecule has 4 rings (SSSR count). The van der Waals surface area contributed by atoms with Gasteiger partial charge in [-0.05, 0) is 67.7 Å². The fourth-order valence-corrected chi connectivity index (χ4v) is 4.61. The maximum Gasteiger partial charge on any atom is 0.289 e. The zero-order valence-electron chi connectivity index (χ0n) is 20.0. The number of benzene rings is 2. The van der Waals surface area contributed by atoms with E-state index in [-0.39, 0.29) is 5.54 Å². The van der Waals surface area contributed by atoms with Crippen molar-refractivity contribution in [3.05, 3.63) is 76.7 Å². The fourth-order valence-electron chi connectivity index (χ4n) is 3.98. The van der Waals surface area contributed by atoms with Crippen molar-refractivity contribution in [1.82, 2.24) is 5.32 Å². The molecule has 1 fully saturated rings. The molecule has 0 amide bonds. The molecule has 0 unspecified atom stereocenters. The van der Waals surface area contributed by atoms with Crippen molar-refractivity contribution in [1.29, 1.82) is 0 Å². The molecule has 0 aromatic heterocycles. The molecule has 2 heterocycles. The number of rotatable bonds is 9. The zero-order chi connectivity index (χ0) is 25.5. The molecule has 7 N–H and O–H groups in total. The second kappa shape index (κ2) is 11.6. The Morgan fingerprint density at radius 1 is 1.22 bits per heavy atom. The Morgan fingerprint density at radius 3 is 2.75 bits per heavy atom. The molecule has 8 nitrogen and oxygen atoms in total. The van der Waals surface area contributed by atoms with Gasteiger partial charge in [-0.1, -0.05) is 36.5 Å². The highest BCUT2D eigenvalue weighted by Gasteiger charge is 2.37. The summed E-state index contributed by atoms with van der Waals surface area (Å²) in [5.74, 6) is 0.556. The molecule has 36 heavy (non-hydrogen) atoms. The molecular weight excluding hydrogens is 496 g/mol. The Bertz CT molecular complexity index is 1190. The molecule has 2 aliphatic heterocycles. The number of anilines is 3. The van der Waals surface area contributed by atoms with E-state index in [0.717, 1.165) is 47.8 Å². The maximum absolute atomic E-state index is 6.43. The lowest BCUT2D eigenvalue weighted by molar-refractivity contribution is 0.214. The van der Waals surface area contributed by atoms with Crippen LogP contribution in [0.25, 0.3) is 5.70 Å². The molecule has 2 aromatic rings. The SMILES string of the molecule is C=C(COc1ccc(NC(=C)c2cc(NC3=NC4(CCNCC4)CO3)ccc2N)cc1Cl)S/C=C\N. The number of thioether (sulfide) groups is 1. The number of aliphatic imine (C=N–C) groups is 1. The van der Waals surface area contributed by atoms with E-state index in [1.807, 2.05) is 24.3 Å². The number of nitrogens with two attached hydrogens (primary N) is 2. The second-order valence-corrected chi connectivity index (χ2v) is 10.1. The molecule has 0 bridgehead atoms. The molecule has 0 aliphatic carbocycles. The van der Waals surface area contributed by atoms with Gasteiger partial charge in [0.05, 0.1) is 5.02 Å². The van der Waals surface area contributed by atoms with Gasteiger partial charge >= 0.3 is 0 Å². The summed E-state index contributed by atoms with van der Waals surface area (Å²) in [5, 5.41) is 12.1. The number of hydrogen-bond acceptors (Lipinski definition) is 9. The standard InChI is InChI=1S/C26H31ClN6O2S/c1-17(36-12-9-28)15-34-24-6-4-20(14-22(24)27)31-18(2)21-13-19(3-5-23(21)29)32-25-33-26(16-35-25)7-10-30-11-8-26/h3-6,9,12-14,30-31H,1-2,7-8,10-11,15-16,28-29H2,(H,32,33)/b12-9-. The van der Waals surface area contributed by atoms with E-state index in [9.17, 15) is 0 Å². The molecule has 10 heteroatoms. The van der Waals surface area contributed by atoms with Crippen molar-refractivity contribution < 1.29 is 9.47 Å². The monoisotopic (exact) mass is 526 g/mol. The minimum atomic E-state index is -0.127. The Hall–Kier alpha value is -3.27. The van der Waals surface area contributed by atoms with Crippen LogP contribution in [-0.4, -0.2) is 37.9 Å². The van der Waals surface area contributed by atoms with Crippen LogP contribution in [0.15, 0.2) is 71.1 Å². The van der Waals surface area contributed by atoms with Gasteiger partial charge < -0.3 is 36.9 Å². The third kappa shape index (κ3) is 6.48. The summed E-state index contributed by atoms with van der Waals surface area (Å²) in [5.41, 5.74) is 15.0. The third-order valence-electron chi connectivity index (χ3n) is 5.91. The quantitative estimate of drug-likeness (QED) is 0.290. The van der Waals surface area contributed by atoms with Crippen molar-refractivity contribution in [2.75, 3.05) is 42.7 Å². The van der Waals surface area contributed by atoms with Crippen LogP contribution in [0, 0.1) is 0 Å². The van der Waals surface area contributed by atoms with Crippen LogP contribution < -0.4 is 32.2 Å². The van der Waals surface area contributed by atoms with Crippen molar-refractivity contribution in [2.24, 2.45) is 10.7 Å². The Balaban J connectivity index is 1.39. The molecule has 190 valence electrons. The van der Waals surface area contributed by atoms with Gasteiger partial charge in [0.25, 0.3) is 6.02 Å². The Kier molecular flexibility index (Phi) is 8.35. The van der Waals surface area contributed by atoms with Gasteiger partial charge in [0.1, 0.15) is 24.5 Å². The Morgan fingerprint density at radius 2 is 2.00 bits per heavy atom. The minimum absolute atomic E-state index is 0.127. The van der Waals surface area contributed by atoms with Crippen LogP contribution in [0.4, 0.5) is 17.1 Å². The number of amidine groups is 1. The van der Waals surface area contributed by atoms with Crippen LogP contribution in [0.1, 0.15) is 18.4 Å². The summed E-state index contributed by atoms with van der Waals surface area (Å²) in [4.78, 5) is 5.64. The average molecular weight is 527 g/mol. The molecule has 1 saturated heterocycles. The van der Waals surface area contributed by atoms with Crippen LogP contribution in [-0.2, 0) is 4.74 Å². The molecule has 1 spiro atoms. The maximum atomic E-state index is 6.43. The predicted octanol–water partition coefficient (Wildman–Crippen LogP) is 4.98. The lowest BCUT2D eigenvalue weighted by Crippen LogP contribution is -2.41. The highest BCUT2D eigenvalue weighted by atomic mass is 35.5. The van der Waals surface area contributed by atoms with Gasteiger partial charge in [-0.15, -0.1) is 0 Å². The van der Waals surface area contributed by atoms with E-state index in [4.69, 9.17) is 37.5 Å². The molecule has 2 aromatic carbocycles. The normalized spacial score (nSPS) is 16.4. The second-order valence-electron chi connectivity index (χ2n) is 8.63. The number of hydrogen-bond donors (Lipinski definition) is 5. The van der Waals surface area contributed by atoms with Crippen molar-refractivity contribution in [3.63, 3.8) is 0 Å². The van der Waals surface area contributed by atoms with Crippen LogP contribution in [0.2, 0.25) is 5.02 Å². The van der Waals surface area contributed by atoms with E-state index < -0.39 is 0 Å². The highest BCUT2D eigenvalue weighted by molar-refractivity contribution is 8.05. The summed E-state index contributed by atoms with van der Waals surface area (Å²) in [7, 11) is 0. The predicted molar refractivity (Wildman–Crippen MR) is 152 cm³/mol. The number of ether oxygens (including phenoxy) is 2. The zero-order valence-corrected chi connectivity index (χ0v) is 21.6. The summed E-state index contributed by atoms with van der Waals surface area (Å²) < 4.78 is 11.6. The number of nitrogens with zero attached hydrogens (tertiary/aromatic N) is 1. The minimum Gasteiger partial charge on any atom is -0.487 e. The van der Waals surface area contributed by atoms with Crippen molar-refractivity contribution in [3.8, 4) is 5.75 Å². The Labute approximate surface area is 220 Å². The van der Waals surface area contributed by atoms with Crippen LogP contribution >= 0.6 is 23.4 Å². The molecule has 0 atom stereocenters. The topological polar surface area (TPSA) is 119 Å². The summed E-state index contributed by atoms with van der Waals surface area (Å²) >= 11 is 7.83. The van der Waals surface area contributed by atoms with E-state index in [1.54, 1.807) is 17.5 Å². The average Bonchev–Trinajstić information content (AvgIpc) is 3.24. The first-order valence-electron chi connectivity index (χ1n) is 11.6. The third-order valence-corrected chi connectivity index (χ3v) is 6.95. The van der Waals surface area contributed by atoms with Crippen LogP contribution in [0.3, 0.4) is 0 Å². The van der Waals surface area contributed by atoms with Gasteiger partial charge in [0, 0.05) is 39.4 Å². The molecular formula is C26H31ClN6O2S. The molecule has 0 radical (unpaired) electrons. The van der Waals surface area contributed by atoms with Gasteiger partial charge in [0.15, 0.2) is 0 Å². The smallest absolute Gasteiger partial charge is 0.289 e. The summed E-state index contributed by atoms with van der Waals surface area (Å²) in [6.45, 7) is 10.9. The van der Waals surface area contributed by atoms with Gasteiger partial charge in [0.2, 0.25) is 0 Å². The van der Waals surface area contributed by atoms with E-state index in [0.29, 0.717) is 41.4 Å². The molecule has 0 saturated carbocycles. The lowest BCUT2D eigenvalue weighted by Gasteiger charge is -2.28. The van der Waals surface area contributed by atoms with E-state index >= 15 is 0 Å². The largest absolute Gasteiger partial charge is 0.487 e. The highest BCUT2D eigenvalue weighted by Crippen LogP contribution is 2.32. The van der Waals surface area contributed by atoms with Gasteiger partial charge in [-0.3, -0.25) is 0 Å². The first kappa shape index (κ1) is 25.8. The summed E-state index contributed by atoms with van der Waals surface area (Å²) in [6.07, 6.45) is 3.39. The number of halogens is 1. The van der Waals surface area contributed by atoms with E-state index in [2.05, 4.69) is 29.1 Å². The van der Waals surface area contributed by atoms with Gasteiger partial charge in [-0.2, -0.15) is 0 Å². The fraction of sp³-hybridized carbons (Fsp3) is 0.269. The van der Waals surface area contributed by atoms with Crippen molar-refractivity contribution >= 4 is 52.1 Å². The molecule has 2 aliphatic rings. The van der Waals surface area contributed by atoms with Gasteiger partial charge in [-0.25, -0.2) is 4.99 Å².